The molecule has 27 heavy (non-hydrogen) atoms. The van der Waals surface area contributed by atoms with Gasteiger partial charge < -0.3 is 14.6 Å². The van der Waals surface area contributed by atoms with E-state index in [0.717, 1.165) is 29.1 Å². The first kappa shape index (κ1) is 20.2. The molecule has 0 aliphatic carbocycles. The molecule has 0 saturated carbocycles. The van der Waals surface area contributed by atoms with Crippen molar-refractivity contribution in [2.45, 2.75) is 25.6 Å². The number of aromatic amines is 1. The number of amides is 1. The Kier molecular flexibility index (Phi) is 5.43. The third-order valence-electron chi connectivity index (χ3n) is 3.45. The second-order valence-electron chi connectivity index (χ2n) is 6.39. The summed E-state index contributed by atoms with van der Waals surface area (Å²) < 4.78 is 45.0. The van der Waals surface area contributed by atoms with Crippen LogP contribution in [0.4, 0.5) is 13.2 Å². The number of ether oxygens (including phenoxy) is 1. The van der Waals surface area contributed by atoms with Gasteiger partial charge in [0.25, 0.3) is 11.5 Å². The lowest BCUT2D eigenvalue weighted by Crippen LogP contribution is -2.49. The molecule has 0 atom stereocenters. The predicted molar refractivity (Wildman–Crippen MR) is 88.6 cm³/mol. The number of aryl methyl sites for hydroxylation is 1. The van der Waals surface area contributed by atoms with Gasteiger partial charge in [-0.1, -0.05) is 0 Å². The molecule has 2 heterocycles. The smallest absolute Gasteiger partial charge is 0.421 e. The average Bonchev–Trinajstić information content (AvgIpc) is 2.55. The van der Waals surface area contributed by atoms with Gasteiger partial charge in [0.05, 0.1) is 5.54 Å². The molecule has 2 aromatic rings. The highest BCUT2D eigenvalue weighted by Gasteiger charge is 2.35. The lowest BCUT2D eigenvalue weighted by Gasteiger charge is -2.26. The van der Waals surface area contributed by atoms with Crippen LogP contribution in [0.15, 0.2) is 34.1 Å². The van der Waals surface area contributed by atoms with E-state index in [1.165, 1.54) is 20.9 Å². The number of hydrogen-bond donors (Lipinski definition) is 2. The third-order valence-corrected chi connectivity index (χ3v) is 3.45. The van der Waals surface area contributed by atoms with Crippen LogP contribution in [0.3, 0.4) is 0 Å². The number of carbonyl (C=O) groups excluding carboxylic acids is 1. The van der Waals surface area contributed by atoms with E-state index in [0.29, 0.717) is 0 Å². The summed E-state index contributed by atoms with van der Waals surface area (Å²) in [5.41, 5.74) is -4.07. The van der Waals surface area contributed by atoms with Gasteiger partial charge >= 0.3 is 11.9 Å². The van der Waals surface area contributed by atoms with Crippen LogP contribution in [0.2, 0.25) is 0 Å². The Morgan fingerprint density at radius 3 is 2.63 bits per heavy atom. The molecule has 0 saturated heterocycles. The molecule has 0 aromatic carbocycles. The van der Waals surface area contributed by atoms with E-state index in [4.69, 9.17) is 4.74 Å². The highest BCUT2D eigenvalue weighted by molar-refractivity contribution is 5.93. The zero-order chi connectivity index (χ0) is 20.4. The fourth-order valence-electron chi connectivity index (χ4n) is 2.11. The first-order valence-electron chi connectivity index (χ1n) is 7.68. The number of pyridine rings is 1. The summed E-state index contributed by atoms with van der Waals surface area (Å²) in [6.07, 6.45) is -2.42. The molecule has 0 bridgehead atoms. The van der Waals surface area contributed by atoms with Gasteiger partial charge in [-0.15, -0.1) is 0 Å². The topological polar surface area (TPSA) is 106 Å². The molecule has 0 unspecified atom stereocenters. The van der Waals surface area contributed by atoms with E-state index >= 15 is 0 Å². The highest BCUT2D eigenvalue weighted by atomic mass is 19.4. The van der Waals surface area contributed by atoms with E-state index in [2.05, 4.69) is 10.3 Å². The summed E-state index contributed by atoms with van der Waals surface area (Å²) in [5.74, 6) is -1.43. The minimum atomic E-state index is -4.64. The molecule has 0 radical (unpaired) electrons. The minimum absolute atomic E-state index is 0.320. The van der Waals surface area contributed by atoms with Crippen molar-refractivity contribution in [1.29, 1.82) is 0 Å². The van der Waals surface area contributed by atoms with Gasteiger partial charge in [0.1, 0.15) is 17.7 Å². The standard InChI is InChI=1S/C16H17F3N4O4/c1-15(2,8-27-13-10(16(17,18)19)5-4-6-20-13)22-12(25)9-7-23(3)14(26)21-11(9)24/h4-7H,8H2,1-3H3,(H,22,25)(H,21,24,26). The Bertz CT molecular complexity index is 963. The maximum absolute atomic E-state index is 13.0. The van der Waals surface area contributed by atoms with Crippen molar-refractivity contribution in [3.05, 3.63) is 56.5 Å². The minimum Gasteiger partial charge on any atom is -0.475 e. The zero-order valence-corrected chi connectivity index (χ0v) is 14.7. The molecule has 2 aromatic heterocycles. The van der Waals surface area contributed by atoms with Crippen LogP contribution in [-0.4, -0.2) is 32.6 Å². The van der Waals surface area contributed by atoms with E-state index < -0.39 is 40.3 Å². The van der Waals surface area contributed by atoms with Gasteiger partial charge in [-0.05, 0) is 26.0 Å². The lowest BCUT2D eigenvalue weighted by atomic mass is 10.1. The molecular weight excluding hydrogens is 369 g/mol. The fraction of sp³-hybridized carbons (Fsp3) is 0.375. The summed E-state index contributed by atoms with van der Waals surface area (Å²) in [4.78, 5) is 40.9. The number of alkyl halides is 3. The van der Waals surface area contributed by atoms with Gasteiger partial charge in [-0.25, -0.2) is 9.78 Å². The Morgan fingerprint density at radius 2 is 2.00 bits per heavy atom. The second-order valence-corrected chi connectivity index (χ2v) is 6.39. The maximum atomic E-state index is 13.0. The van der Waals surface area contributed by atoms with Gasteiger partial charge in [0.2, 0.25) is 5.88 Å². The lowest BCUT2D eigenvalue weighted by molar-refractivity contribution is -0.139. The molecule has 0 aliphatic heterocycles. The van der Waals surface area contributed by atoms with Crippen molar-refractivity contribution in [1.82, 2.24) is 19.9 Å². The molecule has 2 N–H and O–H groups in total. The first-order valence-corrected chi connectivity index (χ1v) is 7.68. The molecule has 2 rings (SSSR count). The van der Waals surface area contributed by atoms with Crippen LogP contribution in [-0.2, 0) is 13.2 Å². The van der Waals surface area contributed by atoms with E-state index in [1.54, 1.807) is 0 Å². The Balaban J connectivity index is 2.15. The van der Waals surface area contributed by atoms with E-state index in [9.17, 15) is 27.6 Å². The molecule has 0 aliphatic rings. The number of carbonyl (C=O) groups is 1. The SMILES string of the molecule is Cn1cc(C(=O)NC(C)(C)COc2ncccc2C(F)(F)F)c(=O)[nH]c1=O. The average molecular weight is 386 g/mol. The Hall–Kier alpha value is -3.11. The van der Waals surface area contributed by atoms with Crippen LogP contribution in [0.5, 0.6) is 5.88 Å². The number of nitrogens with one attached hydrogen (secondary N) is 2. The van der Waals surface area contributed by atoms with Crippen LogP contribution >= 0.6 is 0 Å². The molecule has 0 fully saturated rings. The van der Waals surface area contributed by atoms with Gasteiger partial charge in [-0.3, -0.25) is 14.6 Å². The molecule has 1 amide bonds. The number of nitrogens with zero attached hydrogens (tertiary/aromatic N) is 2. The van der Waals surface area contributed by atoms with Crippen LogP contribution in [0, 0.1) is 0 Å². The normalized spacial score (nSPS) is 11.9. The van der Waals surface area contributed by atoms with Crippen LogP contribution in [0.1, 0.15) is 29.8 Å². The van der Waals surface area contributed by atoms with Crippen molar-refractivity contribution >= 4 is 5.91 Å². The summed E-state index contributed by atoms with van der Waals surface area (Å²) in [6, 6.07) is 1.96. The molecular formula is C16H17F3N4O4. The van der Waals surface area contributed by atoms with Crippen molar-refractivity contribution in [3.63, 3.8) is 0 Å². The largest absolute Gasteiger partial charge is 0.475 e. The first-order chi connectivity index (χ1) is 12.4. The van der Waals surface area contributed by atoms with Crippen molar-refractivity contribution in [2.24, 2.45) is 7.05 Å². The summed E-state index contributed by atoms with van der Waals surface area (Å²) >= 11 is 0. The van der Waals surface area contributed by atoms with Gasteiger partial charge in [0, 0.05) is 19.4 Å². The number of hydrogen-bond acceptors (Lipinski definition) is 5. The quantitative estimate of drug-likeness (QED) is 0.800. The predicted octanol–water partition coefficient (Wildman–Crippen LogP) is 1.07. The Labute approximate surface area is 151 Å². The highest BCUT2D eigenvalue weighted by Crippen LogP contribution is 2.34. The number of aromatic nitrogens is 3. The maximum Gasteiger partial charge on any atom is 0.421 e. The van der Waals surface area contributed by atoms with Crippen LogP contribution < -0.4 is 21.3 Å². The molecule has 0 spiro atoms. The third kappa shape index (κ3) is 4.96. The van der Waals surface area contributed by atoms with Gasteiger partial charge in [-0.2, -0.15) is 13.2 Å². The number of rotatable bonds is 5. The Morgan fingerprint density at radius 1 is 1.33 bits per heavy atom. The molecule has 146 valence electrons. The second kappa shape index (κ2) is 7.25. The molecule has 11 heteroatoms. The van der Waals surface area contributed by atoms with Crippen molar-refractivity contribution in [3.8, 4) is 5.88 Å². The van der Waals surface area contributed by atoms with E-state index in [-0.39, 0.29) is 12.2 Å². The fourth-order valence-corrected chi connectivity index (χ4v) is 2.11. The summed E-state index contributed by atoms with van der Waals surface area (Å²) in [7, 11) is 1.35. The summed E-state index contributed by atoms with van der Waals surface area (Å²) in [6.45, 7) is 2.65. The zero-order valence-electron chi connectivity index (χ0n) is 14.7. The van der Waals surface area contributed by atoms with E-state index in [1.807, 2.05) is 4.98 Å². The van der Waals surface area contributed by atoms with Crippen LogP contribution in [0.25, 0.3) is 0 Å². The number of H-pyrrole nitrogens is 1. The van der Waals surface area contributed by atoms with Gasteiger partial charge in [0.15, 0.2) is 0 Å². The molecule has 8 nitrogen and oxygen atoms in total. The summed E-state index contributed by atoms with van der Waals surface area (Å²) in [5, 5.41) is 2.48. The monoisotopic (exact) mass is 386 g/mol. The number of halogens is 3. The van der Waals surface area contributed by atoms with Crippen molar-refractivity contribution in [2.75, 3.05) is 6.61 Å². The van der Waals surface area contributed by atoms with Crippen molar-refractivity contribution < 1.29 is 22.7 Å².